The number of aromatic nitrogens is 1. The molecule has 1 aromatic heterocycles. The first-order chi connectivity index (χ1) is 12.1. The summed E-state index contributed by atoms with van der Waals surface area (Å²) < 4.78 is 42.2. The van der Waals surface area contributed by atoms with Crippen LogP contribution < -0.4 is 4.74 Å². The highest BCUT2D eigenvalue weighted by Crippen LogP contribution is 2.32. The van der Waals surface area contributed by atoms with E-state index in [9.17, 15) is 28.2 Å². The van der Waals surface area contributed by atoms with Crippen molar-refractivity contribution in [1.29, 1.82) is 0 Å². The molecule has 5 nitrogen and oxygen atoms in total. The Balaban J connectivity index is 2.00. The van der Waals surface area contributed by atoms with E-state index in [0.717, 1.165) is 6.07 Å². The molecule has 0 saturated carbocycles. The normalized spacial score (nSPS) is 11.7. The Morgan fingerprint density at radius 1 is 1.15 bits per heavy atom. The van der Waals surface area contributed by atoms with Gasteiger partial charge in [-0.05, 0) is 42.0 Å². The van der Waals surface area contributed by atoms with Crippen molar-refractivity contribution in [2.24, 2.45) is 0 Å². The second-order valence-electron chi connectivity index (χ2n) is 5.48. The van der Waals surface area contributed by atoms with Gasteiger partial charge in [-0.1, -0.05) is 17.7 Å². The topological polar surface area (TPSA) is 71.7 Å². The standard InChI is InChI=1S/C17H11ClF3NO4/c18-12-5-9(1-4-15(12)26-17(19,20)21)8-22-13-3-2-11(23)6-10(13)7-14(22)16(24)25/h1-7,23H,8H2,(H,24,25). The molecule has 3 rings (SSSR count). The zero-order valence-electron chi connectivity index (χ0n) is 12.9. The molecule has 0 amide bonds. The number of nitrogens with zero attached hydrogens (tertiary/aromatic N) is 1. The van der Waals surface area contributed by atoms with Crippen molar-refractivity contribution in [2.45, 2.75) is 12.9 Å². The largest absolute Gasteiger partial charge is 0.573 e. The lowest BCUT2D eigenvalue weighted by Gasteiger charge is -2.13. The highest BCUT2D eigenvalue weighted by atomic mass is 35.5. The van der Waals surface area contributed by atoms with Crippen LogP contribution in [0, 0.1) is 0 Å². The molecule has 136 valence electrons. The molecule has 1 heterocycles. The molecule has 3 aromatic rings. The van der Waals surface area contributed by atoms with Gasteiger partial charge in [-0.15, -0.1) is 13.2 Å². The van der Waals surface area contributed by atoms with E-state index in [0.29, 0.717) is 16.5 Å². The average molecular weight is 386 g/mol. The minimum atomic E-state index is -4.86. The van der Waals surface area contributed by atoms with Gasteiger partial charge in [0.2, 0.25) is 0 Å². The Kier molecular flexibility index (Phi) is 4.45. The van der Waals surface area contributed by atoms with Crippen LogP contribution in [0.4, 0.5) is 13.2 Å². The second kappa shape index (κ2) is 6.45. The molecule has 0 aliphatic carbocycles. The molecule has 0 saturated heterocycles. The summed E-state index contributed by atoms with van der Waals surface area (Å²) in [4.78, 5) is 11.5. The number of hydrogen-bond donors (Lipinski definition) is 2. The lowest BCUT2D eigenvalue weighted by molar-refractivity contribution is -0.274. The molecule has 0 aliphatic rings. The summed E-state index contributed by atoms with van der Waals surface area (Å²) >= 11 is 5.83. The number of halogens is 4. The van der Waals surface area contributed by atoms with Crippen molar-refractivity contribution < 1.29 is 32.9 Å². The molecule has 26 heavy (non-hydrogen) atoms. The molecule has 9 heteroatoms. The molecule has 0 unspecified atom stereocenters. The number of alkyl halides is 3. The van der Waals surface area contributed by atoms with Crippen LogP contribution in [0.25, 0.3) is 10.9 Å². The van der Waals surface area contributed by atoms with Crippen LogP contribution >= 0.6 is 11.6 Å². The Morgan fingerprint density at radius 2 is 1.88 bits per heavy atom. The number of aromatic carboxylic acids is 1. The summed E-state index contributed by atoms with van der Waals surface area (Å²) in [5, 5.41) is 19.2. The van der Waals surface area contributed by atoms with Crippen molar-refractivity contribution in [3.05, 3.63) is 58.7 Å². The van der Waals surface area contributed by atoms with Crippen LogP contribution in [0.2, 0.25) is 5.02 Å². The van der Waals surface area contributed by atoms with Crippen molar-refractivity contribution in [3.63, 3.8) is 0 Å². The van der Waals surface area contributed by atoms with E-state index in [1.807, 2.05) is 0 Å². The van der Waals surface area contributed by atoms with E-state index in [1.165, 1.54) is 34.9 Å². The minimum absolute atomic E-state index is 0.0108. The third kappa shape index (κ3) is 3.70. The average Bonchev–Trinajstić information content (AvgIpc) is 2.87. The highest BCUT2D eigenvalue weighted by Gasteiger charge is 2.32. The van der Waals surface area contributed by atoms with E-state index in [-0.39, 0.29) is 23.0 Å². The zero-order chi connectivity index (χ0) is 19.1. The van der Waals surface area contributed by atoms with Gasteiger partial charge in [-0.25, -0.2) is 4.79 Å². The first kappa shape index (κ1) is 17.9. The maximum absolute atomic E-state index is 12.3. The number of fused-ring (bicyclic) bond motifs is 1. The Hall–Kier alpha value is -2.87. The second-order valence-corrected chi connectivity index (χ2v) is 5.88. The van der Waals surface area contributed by atoms with Gasteiger partial charge in [-0.2, -0.15) is 0 Å². The number of carbonyl (C=O) groups is 1. The van der Waals surface area contributed by atoms with Gasteiger partial charge in [0.05, 0.1) is 5.02 Å². The molecule has 0 aliphatic heterocycles. The summed E-state index contributed by atoms with van der Waals surface area (Å²) in [7, 11) is 0. The van der Waals surface area contributed by atoms with Gasteiger partial charge in [0.1, 0.15) is 17.2 Å². The van der Waals surface area contributed by atoms with Crippen LogP contribution in [-0.4, -0.2) is 27.1 Å². The Morgan fingerprint density at radius 3 is 2.50 bits per heavy atom. The van der Waals surface area contributed by atoms with E-state index in [1.54, 1.807) is 6.07 Å². The van der Waals surface area contributed by atoms with E-state index in [4.69, 9.17) is 11.6 Å². The lowest BCUT2D eigenvalue weighted by atomic mass is 10.2. The molecular formula is C17H11ClF3NO4. The number of ether oxygens (including phenoxy) is 1. The number of benzene rings is 2. The van der Waals surface area contributed by atoms with Crippen LogP contribution in [0.3, 0.4) is 0 Å². The molecular weight excluding hydrogens is 375 g/mol. The molecule has 2 aromatic carbocycles. The molecule has 0 fully saturated rings. The molecule has 0 atom stereocenters. The summed E-state index contributed by atoms with van der Waals surface area (Å²) in [6.07, 6.45) is -4.86. The third-order valence-electron chi connectivity index (χ3n) is 3.67. The number of hydrogen-bond acceptors (Lipinski definition) is 3. The Labute approximate surface area is 149 Å². The SMILES string of the molecule is O=C(O)c1cc2cc(O)ccc2n1Cc1ccc(OC(F)(F)F)c(Cl)c1. The molecule has 0 radical (unpaired) electrons. The summed E-state index contributed by atoms with van der Waals surface area (Å²) in [5.74, 6) is -1.73. The van der Waals surface area contributed by atoms with Crippen LogP contribution in [0.15, 0.2) is 42.5 Å². The van der Waals surface area contributed by atoms with Crippen molar-refractivity contribution in [3.8, 4) is 11.5 Å². The maximum atomic E-state index is 12.3. The van der Waals surface area contributed by atoms with Crippen molar-refractivity contribution in [1.82, 2.24) is 4.57 Å². The molecule has 0 spiro atoms. The zero-order valence-corrected chi connectivity index (χ0v) is 13.7. The van der Waals surface area contributed by atoms with Gasteiger partial charge >= 0.3 is 12.3 Å². The third-order valence-corrected chi connectivity index (χ3v) is 3.96. The van der Waals surface area contributed by atoms with Crippen LogP contribution in [-0.2, 0) is 6.54 Å². The fourth-order valence-electron chi connectivity index (χ4n) is 2.64. The van der Waals surface area contributed by atoms with E-state index >= 15 is 0 Å². The number of carboxylic acids is 1. The molecule has 2 N–H and O–H groups in total. The number of phenols is 1. The summed E-state index contributed by atoms with van der Waals surface area (Å²) in [5.41, 5.74) is 1.00. The van der Waals surface area contributed by atoms with E-state index < -0.39 is 18.1 Å². The number of rotatable bonds is 4. The van der Waals surface area contributed by atoms with Crippen molar-refractivity contribution >= 4 is 28.5 Å². The lowest BCUT2D eigenvalue weighted by Crippen LogP contribution is -2.17. The van der Waals surface area contributed by atoms with Gasteiger partial charge in [0.15, 0.2) is 0 Å². The van der Waals surface area contributed by atoms with Crippen molar-refractivity contribution in [2.75, 3.05) is 0 Å². The van der Waals surface area contributed by atoms with Crippen LogP contribution in [0.5, 0.6) is 11.5 Å². The predicted molar refractivity (Wildman–Crippen MR) is 87.8 cm³/mol. The molecule has 0 bridgehead atoms. The summed E-state index contributed by atoms with van der Waals surface area (Å²) in [6, 6.07) is 9.51. The van der Waals surface area contributed by atoms with Gasteiger partial charge in [-0.3, -0.25) is 0 Å². The first-order valence-electron chi connectivity index (χ1n) is 7.24. The number of phenolic OH excluding ortho intramolecular Hbond substituents is 1. The number of aromatic hydroxyl groups is 1. The highest BCUT2D eigenvalue weighted by molar-refractivity contribution is 6.32. The minimum Gasteiger partial charge on any atom is -0.508 e. The Bertz CT molecular complexity index is 998. The smallest absolute Gasteiger partial charge is 0.508 e. The first-order valence-corrected chi connectivity index (χ1v) is 7.61. The number of carboxylic acid groups (broad SMARTS) is 1. The van der Waals surface area contributed by atoms with E-state index in [2.05, 4.69) is 4.74 Å². The van der Waals surface area contributed by atoms with Gasteiger partial charge in [0, 0.05) is 17.4 Å². The maximum Gasteiger partial charge on any atom is 0.573 e. The van der Waals surface area contributed by atoms with Gasteiger partial charge in [0.25, 0.3) is 0 Å². The monoisotopic (exact) mass is 385 g/mol. The van der Waals surface area contributed by atoms with Crippen LogP contribution in [0.1, 0.15) is 16.1 Å². The van der Waals surface area contributed by atoms with Gasteiger partial charge < -0.3 is 19.5 Å². The predicted octanol–water partition coefficient (Wildman–Crippen LogP) is 4.65. The fraction of sp³-hybridized carbons (Fsp3) is 0.118. The fourth-order valence-corrected chi connectivity index (χ4v) is 2.88. The quantitative estimate of drug-likeness (QED) is 0.686. The summed E-state index contributed by atoms with van der Waals surface area (Å²) in [6.45, 7) is 0.0575.